The van der Waals surface area contributed by atoms with E-state index in [0.29, 0.717) is 12.2 Å². The van der Waals surface area contributed by atoms with Gasteiger partial charge < -0.3 is 10.6 Å². The van der Waals surface area contributed by atoms with E-state index in [-0.39, 0.29) is 16.7 Å². The molecule has 1 aliphatic heterocycles. The Morgan fingerprint density at radius 2 is 2.21 bits per heavy atom. The number of rotatable bonds is 4. The highest BCUT2D eigenvalue weighted by Crippen LogP contribution is 2.17. The summed E-state index contributed by atoms with van der Waals surface area (Å²) >= 11 is 0. The zero-order chi connectivity index (χ0) is 13.9. The first kappa shape index (κ1) is 14.0. The van der Waals surface area contributed by atoms with Crippen molar-refractivity contribution in [1.82, 2.24) is 10.0 Å². The van der Waals surface area contributed by atoms with Gasteiger partial charge in [0.15, 0.2) is 0 Å². The molecule has 1 amide bonds. The number of sulfonamides is 1. The van der Waals surface area contributed by atoms with Crippen molar-refractivity contribution < 1.29 is 13.2 Å². The smallest absolute Gasteiger partial charge is 0.240 e. The third-order valence-electron chi connectivity index (χ3n) is 3.11. The summed E-state index contributed by atoms with van der Waals surface area (Å²) in [5, 5.41) is 5.87. The van der Waals surface area contributed by atoms with Gasteiger partial charge in [-0.1, -0.05) is 6.07 Å². The molecule has 19 heavy (non-hydrogen) atoms. The van der Waals surface area contributed by atoms with Crippen LogP contribution in [0.2, 0.25) is 0 Å². The normalized spacial score (nSPS) is 19.3. The molecule has 3 N–H and O–H groups in total. The molecule has 1 heterocycles. The molecule has 1 saturated heterocycles. The van der Waals surface area contributed by atoms with Crippen molar-refractivity contribution in [1.29, 1.82) is 0 Å². The molecule has 0 bridgehead atoms. The number of hydrogen-bond donors (Lipinski definition) is 3. The Morgan fingerprint density at radius 1 is 1.42 bits per heavy atom. The number of amides is 1. The minimum atomic E-state index is -3.49. The molecular formula is C12H17N3O3S. The highest BCUT2D eigenvalue weighted by Gasteiger charge is 2.22. The maximum Gasteiger partial charge on any atom is 0.240 e. The molecule has 0 radical (unpaired) electrons. The van der Waals surface area contributed by atoms with Crippen LogP contribution in [0.5, 0.6) is 0 Å². The zero-order valence-electron chi connectivity index (χ0n) is 10.6. The quantitative estimate of drug-likeness (QED) is 0.733. The van der Waals surface area contributed by atoms with Crippen LogP contribution in [-0.4, -0.2) is 34.5 Å². The summed E-state index contributed by atoms with van der Waals surface area (Å²) < 4.78 is 25.6. The minimum Gasteiger partial charge on any atom is -0.326 e. The molecule has 7 heteroatoms. The molecule has 1 aliphatic rings. The summed E-state index contributed by atoms with van der Waals surface area (Å²) in [4.78, 5) is 12.1. The van der Waals surface area contributed by atoms with Crippen LogP contribution in [0.4, 0.5) is 5.69 Å². The molecule has 0 saturated carbocycles. The maximum atomic E-state index is 11.9. The third kappa shape index (κ3) is 3.31. The van der Waals surface area contributed by atoms with E-state index in [1.54, 1.807) is 12.1 Å². The summed E-state index contributed by atoms with van der Waals surface area (Å²) in [5.41, 5.74) is 0.494. The van der Waals surface area contributed by atoms with Crippen LogP contribution in [0, 0.1) is 5.92 Å². The van der Waals surface area contributed by atoms with E-state index in [9.17, 15) is 13.2 Å². The molecule has 1 aromatic rings. The van der Waals surface area contributed by atoms with Gasteiger partial charge in [-0.25, -0.2) is 13.1 Å². The second-order valence-corrected chi connectivity index (χ2v) is 6.30. The van der Waals surface area contributed by atoms with Crippen LogP contribution in [0.3, 0.4) is 0 Å². The van der Waals surface area contributed by atoms with Crippen molar-refractivity contribution in [2.24, 2.45) is 5.92 Å². The molecule has 1 atom stereocenters. The monoisotopic (exact) mass is 283 g/mol. The lowest BCUT2D eigenvalue weighted by Gasteiger charge is -2.11. The van der Waals surface area contributed by atoms with Gasteiger partial charge in [0.2, 0.25) is 15.9 Å². The van der Waals surface area contributed by atoms with Crippen LogP contribution >= 0.6 is 0 Å². The summed E-state index contributed by atoms with van der Waals surface area (Å²) in [6.07, 6.45) is 0.806. The first-order chi connectivity index (χ1) is 9.03. The first-order valence-corrected chi connectivity index (χ1v) is 7.56. The van der Waals surface area contributed by atoms with E-state index in [0.717, 1.165) is 13.0 Å². The largest absolute Gasteiger partial charge is 0.326 e. The van der Waals surface area contributed by atoms with Crippen LogP contribution < -0.4 is 15.4 Å². The summed E-state index contributed by atoms with van der Waals surface area (Å²) in [5.74, 6) is -0.131. The van der Waals surface area contributed by atoms with Gasteiger partial charge in [0.1, 0.15) is 0 Å². The molecule has 1 aromatic carbocycles. The van der Waals surface area contributed by atoms with Crippen molar-refractivity contribution in [2.45, 2.75) is 11.3 Å². The lowest BCUT2D eigenvalue weighted by Crippen LogP contribution is -2.25. The molecule has 1 fully saturated rings. The number of benzene rings is 1. The lowest BCUT2D eigenvalue weighted by molar-refractivity contribution is -0.119. The molecule has 104 valence electrons. The van der Waals surface area contributed by atoms with Crippen molar-refractivity contribution in [2.75, 3.05) is 25.5 Å². The lowest BCUT2D eigenvalue weighted by atomic mass is 10.1. The molecule has 2 rings (SSSR count). The Hall–Kier alpha value is -1.44. The Bertz CT molecular complexity index is 565. The maximum absolute atomic E-state index is 11.9. The SMILES string of the molecule is CNS(=O)(=O)c1cccc(NC(=O)C2CCNC2)c1. The number of carbonyl (C=O) groups excluding carboxylic acids is 1. The number of anilines is 1. The van der Waals surface area contributed by atoms with Gasteiger partial charge in [-0.05, 0) is 38.2 Å². The Morgan fingerprint density at radius 3 is 2.84 bits per heavy atom. The highest BCUT2D eigenvalue weighted by molar-refractivity contribution is 7.89. The fourth-order valence-electron chi connectivity index (χ4n) is 1.98. The van der Waals surface area contributed by atoms with Gasteiger partial charge in [0, 0.05) is 12.2 Å². The van der Waals surface area contributed by atoms with E-state index in [4.69, 9.17) is 0 Å². The summed E-state index contributed by atoms with van der Waals surface area (Å²) in [6, 6.07) is 6.21. The van der Waals surface area contributed by atoms with Crippen LogP contribution in [-0.2, 0) is 14.8 Å². The average Bonchev–Trinajstić information content (AvgIpc) is 2.93. The van der Waals surface area contributed by atoms with Gasteiger partial charge in [-0.2, -0.15) is 0 Å². The van der Waals surface area contributed by atoms with E-state index in [2.05, 4.69) is 15.4 Å². The topological polar surface area (TPSA) is 87.3 Å². The van der Waals surface area contributed by atoms with Crippen LogP contribution in [0.15, 0.2) is 29.2 Å². The number of carbonyl (C=O) groups is 1. The Labute approximate surface area is 112 Å². The van der Waals surface area contributed by atoms with Gasteiger partial charge in [0.25, 0.3) is 0 Å². The number of nitrogens with one attached hydrogen (secondary N) is 3. The van der Waals surface area contributed by atoms with E-state index in [1.165, 1.54) is 19.2 Å². The first-order valence-electron chi connectivity index (χ1n) is 6.08. The molecule has 0 spiro atoms. The Balaban J connectivity index is 2.13. The van der Waals surface area contributed by atoms with Crippen LogP contribution in [0.25, 0.3) is 0 Å². The van der Waals surface area contributed by atoms with Gasteiger partial charge in [-0.3, -0.25) is 4.79 Å². The minimum absolute atomic E-state index is 0.0513. The average molecular weight is 283 g/mol. The predicted octanol–water partition coefficient (Wildman–Crippen LogP) is 0.143. The summed E-state index contributed by atoms with van der Waals surface area (Å²) in [6.45, 7) is 1.51. The van der Waals surface area contributed by atoms with Gasteiger partial charge in [-0.15, -0.1) is 0 Å². The molecular weight excluding hydrogens is 266 g/mol. The fraction of sp³-hybridized carbons (Fsp3) is 0.417. The number of hydrogen-bond acceptors (Lipinski definition) is 4. The highest BCUT2D eigenvalue weighted by atomic mass is 32.2. The Kier molecular flexibility index (Phi) is 4.18. The van der Waals surface area contributed by atoms with Crippen LogP contribution in [0.1, 0.15) is 6.42 Å². The summed E-state index contributed by atoms with van der Waals surface area (Å²) in [7, 11) is -2.14. The third-order valence-corrected chi connectivity index (χ3v) is 4.52. The van der Waals surface area contributed by atoms with E-state index < -0.39 is 10.0 Å². The predicted molar refractivity (Wildman–Crippen MR) is 72.3 cm³/mol. The zero-order valence-corrected chi connectivity index (χ0v) is 11.5. The van der Waals surface area contributed by atoms with Crippen molar-refractivity contribution >= 4 is 21.6 Å². The van der Waals surface area contributed by atoms with Crippen molar-refractivity contribution in [3.05, 3.63) is 24.3 Å². The van der Waals surface area contributed by atoms with Gasteiger partial charge >= 0.3 is 0 Å². The second-order valence-electron chi connectivity index (χ2n) is 4.41. The second kappa shape index (κ2) is 5.68. The van der Waals surface area contributed by atoms with E-state index >= 15 is 0 Å². The molecule has 0 aromatic heterocycles. The fourth-order valence-corrected chi connectivity index (χ4v) is 2.76. The van der Waals surface area contributed by atoms with E-state index in [1.807, 2.05) is 0 Å². The standard InChI is InChI=1S/C12H17N3O3S/c1-13-19(17,18)11-4-2-3-10(7-11)15-12(16)9-5-6-14-8-9/h2-4,7,9,13-14H,5-6,8H2,1H3,(H,15,16). The van der Waals surface area contributed by atoms with Crippen molar-refractivity contribution in [3.8, 4) is 0 Å². The molecule has 0 aliphatic carbocycles. The van der Waals surface area contributed by atoms with Crippen molar-refractivity contribution in [3.63, 3.8) is 0 Å². The van der Waals surface area contributed by atoms with Gasteiger partial charge in [0.05, 0.1) is 10.8 Å². The molecule has 6 nitrogen and oxygen atoms in total. The molecule has 1 unspecified atom stereocenters.